The second kappa shape index (κ2) is 11.3. The molecule has 0 aliphatic carbocycles. The Morgan fingerprint density at radius 1 is 1.08 bits per heavy atom. The van der Waals surface area contributed by atoms with E-state index in [4.69, 9.17) is 9.84 Å². The third-order valence-corrected chi connectivity index (χ3v) is 6.58. The van der Waals surface area contributed by atoms with E-state index in [-0.39, 0.29) is 23.7 Å². The maximum Gasteiger partial charge on any atom is 0.227 e. The van der Waals surface area contributed by atoms with Crippen LogP contribution in [0.2, 0.25) is 0 Å². The zero-order valence-electron chi connectivity index (χ0n) is 21.5. The number of aryl methyl sites for hydroxylation is 1. The lowest BCUT2D eigenvalue weighted by Crippen LogP contribution is -2.41. The van der Waals surface area contributed by atoms with Crippen molar-refractivity contribution in [2.75, 3.05) is 30.4 Å². The Balaban J connectivity index is 1.48. The lowest BCUT2D eigenvalue weighted by molar-refractivity contribution is -0.125. The molecule has 1 aliphatic rings. The van der Waals surface area contributed by atoms with Crippen LogP contribution in [0, 0.1) is 18.8 Å². The van der Waals surface area contributed by atoms with E-state index in [0.717, 1.165) is 47.0 Å². The van der Waals surface area contributed by atoms with Crippen molar-refractivity contribution in [2.45, 2.75) is 40.2 Å². The highest BCUT2D eigenvalue weighted by Crippen LogP contribution is 2.35. The Hall–Kier alpha value is -3.81. The highest BCUT2D eigenvalue weighted by Gasteiger charge is 2.30. The zero-order valence-corrected chi connectivity index (χ0v) is 21.5. The molecule has 3 aromatic rings. The molecule has 2 heterocycles. The number of nitrogens with zero attached hydrogens (tertiary/aromatic N) is 3. The van der Waals surface area contributed by atoms with E-state index in [9.17, 15) is 9.59 Å². The summed E-state index contributed by atoms with van der Waals surface area (Å²) in [5, 5.41) is 10.9. The molecule has 1 fully saturated rings. The van der Waals surface area contributed by atoms with E-state index in [1.54, 1.807) is 7.11 Å². The van der Waals surface area contributed by atoms with Gasteiger partial charge in [-0.05, 0) is 49.6 Å². The molecule has 0 bridgehead atoms. The predicted molar refractivity (Wildman–Crippen MR) is 142 cm³/mol. The van der Waals surface area contributed by atoms with Crippen LogP contribution in [0.5, 0.6) is 5.75 Å². The van der Waals surface area contributed by atoms with Crippen LogP contribution in [-0.4, -0.2) is 41.8 Å². The summed E-state index contributed by atoms with van der Waals surface area (Å²) in [6, 6.07) is 17.6. The Kier molecular flexibility index (Phi) is 7.93. The Bertz CT molecular complexity index is 1200. The van der Waals surface area contributed by atoms with Gasteiger partial charge in [0.05, 0.1) is 18.5 Å². The fourth-order valence-electron chi connectivity index (χ4n) is 4.44. The topological polar surface area (TPSA) is 88.5 Å². The van der Waals surface area contributed by atoms with Gasteiger partial charge in [0, 0.05) is 31.5 Å². The molecule has 2 aromatic carbocycles. The number of hydrogen-bond acceptors (Lipinski definition) is 5. The molecular formula is C28H35N5O3. The number of aromatic nitrogens is 2. The average Bonchev–Trinajstić information content (AvgIpc) is 3.23. The van der Waals surface area contributed by atoms with Gasteiger partial charge in [-0.1, -0.05) is 44.2 Å². The van der Waals surface area contributed by atoms with Gasteiger partial charge in [0.25, 0.3) is 0 Å². The van der Waals surface area contributed by atoms with Crippen LogP contribution in [0.4, 0.5) is 11.5 Å². The first-order valence-corrected chi connectivity index (χ1v) is 12.5. The first-order valence-electron chi connectivity index (χ1n) is 12.5. The largest absolute Gasteiger partial charge is 0.497 e. The minimum atomic E-state index is -0.142. The van der Waals surface area contributed by atoms with Gasteiger partial charge in [-0.25, -0.2) is 4.68 Å². The molecule has 1 aliphatic heterocycles. The van der Waals surface area contributed by atoms with Gasteiger partial charge < -0.3 is 20.3 Å². The van der Waals surface area contributed by atoms with E-state index >= 15 is 0 Å². The van der Waals surface area contributed by atoms with Crippen LogP contribution in [-0.2, 0) is 16.1 Å². The minimum Gasteiger partial charge on any atom is -0.497 e. The predicted octanol–water partition coefficient (Wildman–Crippen LogP) is 4.32. The van der Waals surface area contributed by atoms with Crippen LogP contribution in [0.15, 0.2) is 54.6 Å². The van der Waals surface area contributed by atoms with Crippen LogP contribution in [0.1, 0.15) is 37.9 Å². The third kappa shape index (κ3) is 5.70. The maximum absolute atomic E-state index is 12.9. The molecule has 0 atom stereocenters. The van der Waals surface area contributed by atoms with E-state index in [1.807, 2.05) is 80.1 Å². The molecule has 8 nitrogen and oxygen atoms in total. The van der Waals surface area contributed by atoms with Crippen molar-refractivity contribution in [2.24, 2.45) is 11.8 Å². The number of methoxy groups -OCH3 is 1. The van der Waals surface area contributed by atoms with Crippen LogP contribution >= 0.6 is 0 Å². The third-order valence-electron chi connectivity index (χ3n) is 6.58. The number of para-hydroxylation sites is 1. The van der Waals surface area contributed by atoms with Gasteiger partial charge in [-0.2, -0.15) is 5.10 Å². The van der Waals surface area contributed by atoms with Crippen molar-refractivity contribution >= 4 is 23.3 Å². The molecular weight excluding hydrogens is 454 g/mol. The molecule has 0 unspecified atom stereocenters. The van der Waals surface area contributed by atoms with Crippen molar-refractivity contribution in [3.8, 4) is 11.4 Å². The van der Waals surface area contributed by atoms with E-state index < -0.39 is 0 Å². The molecule has 190 valence electrons. The smallest absolute Gasteiger partial charge is 0.227 e. The second-order valence-corrected chi connectivity index (χ2v) is 9.51. The van der Waals surface area contributed by atoms with Crippen LogP contribution in [0.3, 0.4) is 0 Å². The van der Waals surface area contributed by atoms with E-state index in [1.165, 1.54) is 0 Å². The van der Waals surface area contributed by atoms with Gasteiger partial charge in [0.15, 0.2) is 5.82 Å². The number of carbonyl (C=O) groups excluding carboxylic acids is 2. The number of piperidine rings is 1. The molecule has 1 saturated heterocycles. The highest BCUT2D eigenvalue weighted by molar-refractivity contribution is 5.96. The molecule has 0 spiro atoms. The van der Waals surface area contributed by atoms with Gasteiger partial charge in [0.1, 0.15) is 11.4 Å². The number of hydrogen-bond donors (Lipinski definition) is 2. The summed E-state index contributed by atoms with van der Waals surface area (Å²) in [6.07, 6.45) is 1.45. The number of ether oxygens (including phenoxy) is 1. The Morgan fingerprint density at radius 3 is 2.47 bits per heavy atom. The number of amides is 2. The Labute approximate surface area is 212 Å². The number of nitrogens with one attached hydrogen (secondary N) is 2. The number of rotatable bonds is 8. The fourth-order valence-corrected chi connectivity index (χ4v) is 4.44. The monoisotopic (exact) mass is 489 g/mol. The lowest BCUT2D eigenvalue weighted by Gasteiger charge is -2.33. The van der Waals surface area contributed by atoms with Gasteiger partial charge in [-0.3, -0.25) is 9.59 Å². The minimum absolute atomic E-state index is 0.0428. The molecule has 2 amide bonds. The fraction of sp³-hybridized carbons (Fsp3) is 0.393. The molecule has 1 aromatic heterocycles. The van der Waals surface area contributed by atoms with Gasteiger partial charge in [0.2, 0.25) is 11.8 Å². The number of carbonyl (C=O) groups is 2. The number of anilines is 2. The number of benzene rings is 2. The lowest BCUT2D eigenvalue weighted by atomic mass is 9.95. The van der Waals surface area contributed by atoms with Crippen molar-refractivity contribution in [3.05, 3.63) is 65.9 Å². The van der Waals surface area contributed by atoms with Gasteiger partial charge in [-0.15, -0.1) is 0 Å². The van der Waals surface area contributed by atoms with Crippen molar-refractivity contribution < 1.29 is 14.3 Å². The van der Waals surface area contributed by atoms with Crippen molar-refractivity contribution in [1.29, 1.82) is 0 Å². The summed E-state index contributed by atoms with van der Waals surface area (Å²) in [4.78, 5) is 27.7. The van der Waals surface area contributed by atoms with Crippen molar-refractivity contribution in [1.82, 2.24) is 15.1 Å². The molecule has 0 saturated carbocycles. The molecule has 4 rings (SSSR count). The van der Waals surface area contributed by atoms with E-state index in [0.29, 0.717) is 19.6 Å². The second-order valence-electron chi connectivity index (χ2n) is 9.51. The summed E-state index contributed by atoms with van der Waals surface area (Å²) >= 11 is 0. The summed E-state index contributed by atoms with van der Waals surface area (Å²) < 4.78 is 7.17. The normalized spacial score (nSPS) is 14.1. The molecule has 36 heavy (non-hydrogen) atoms. The van der Waals surface area contributed by atoms with E-state index in [2.05, 4.69) is 15.5 Å². The average molecular weight is 490 g/mol. The summed E-state index contributed by atoms with van der Waals surface area (Å²) in [5.74, 6) is 1.46. The highest BCUT2D eigenvalue weighted by atomic mass is 16.5. The maximum atomic E-state index is 12.9. The summed E-state index contributed by atoms with van der Waals surface area (Å²) in [7, 11) is 1.64. The summed E-state index contributed by atoms with van der Waals surface area (Å²) in [5.41, 5.74) is 3.44. The molecule has 0 radical (unpaired) electrons. The quantitative estimate of drug-likeness (QED) is 0.492. The summed E-state index contributed by atoms with van der Waals surface area (Å²) in [6.45, 7) is 7.53. The molecule has 8 heteroatoms. The zero-order chi connectivity index (χ0) is 25.7. The van der Waals surface area contributed by atoms with Crippen LogP contribution < -0.4 is 20.3 Å². The SMILES string of the molecule is COc1cccc(CNC(=O)C2CCN(c3c(NC(=O)C(C)C)c(C)nn3-c3ccccc3)CC2)c1. The van der Waals surface area contributed by atoms with Crippen LogP contribution in [0.25, 0.3) is 5.69 Å². The standard InChI is InChI=1S/C28H35N5O3/c1-19(2)26(34)30-25-20(3)31-33(23-10-6-5-7-11-23)28(25)32-15-13-22(14-16-32)27(35)29-18-21-9-8-12-24(17-21)36-4/h5-12,17,19,22H,13-16,18H2,1-4H3,(H,29,35)(H,30,34). The first-order chi connectivity index (χ1) is 17.4. The molecule has 2 N–H and O–H groups in total. The Morgan fingerprint density at radius 2 is 1.81 bits per heavy atom. The first kappa shape index (κ1) is 25.3. The van der Waals surface area contributed by atoms with Crippen molar-refractivity contribution in [3.63, 3.8) is 0 Å². The van der Waals surface area contributed by atoms with Gasteiger partial charge >= 0.3 is 0 Å².